The molecule has 0 spiro atoms. The van der Waals surface area contributed by atoms with Crippen LogP contribution in [0.15, 0.2) is 48.5 Å². The maximum atomic E-state index is 13.0. The van der Waals surface area contributed by atoms with Crippen LogP contribution in [0.3, 0.4) is 0 Å². The largest absolute Gasteiger partial charge is 0.481 e. The molecule has 1 saturated heterocycles. The molecule has 1 heterocycles. The van der Waals surface area contributed by atoms with Gasteiger partial charge in [-0.05, 0) is 28.7 Å². The van der Waals surface area contributed by atoms with E-state index in [2.05, 4.69) is 5.32 Å². The van der Waals surface area contributed by atoms with Gasteiger partial charge in [-0.25, -0.2) is 4.79 Å². The summed E-state index contributed by atoms with van der Waals surface area (Å²) in [5, 5.41) is 11.8. The van der Waals surface area contributed by atoms with Crippen molar-refractivity contribution in [3.63, 3.8) is 0 Å². The molecule has 8 nitrogen and oxygen atoms in total. The summed E-state index contributed by atoms with van der Waals surface area (Å²) in [5.41, 5.74) is 4.37. The zero-order valence-electron chi connectivity index (χ0n) is 19.2. The molecule has 0 aromatic heterocycles. The van der Waals surface area contributed by atoms with Crippen molar-refractivity contribution < 1.29 is 29.0 Å². The molecule has 8 heteroatoms. The first-order chi connectivity index (χ1) is 16.5. The number of nitrogens with zero attached hydrogens (tertiary/aromatic N) is 1. The molecule has 0 radical (unpaired) electrons. The molecule has 2 unspecified atom stereocenters. The van der Waals surface area contributed by atoms with Gasteiger partial charge in [0.05, 0.1) is 19.1 Å². The minimum absolute atomic E-state index is 0.0809. The molecule has 1 fully saturated rings. The van der Waals surface area contributed by atoms with Crippen LogP contribution >= 0.6 is 0 Å². The smallest absolute Gasteiger partial charge is 0.407 e. The molecular formula is C26H30N2O6. The van der Waals surface area contributed by atoms with Crippen LogP contribution < -0.4 is 5.32 Å². The van der Waals surface area contributed by atoms with E-state index in [9.17, 15) is 19.5 Å². The van der Waals surface area contributed by atoms with Crippen LogP contribution in [0.5, 0.6) is 0 Å². The molecule has 0 saturated carbocycles. The summed E-state index contributed by atoms with van der Waals surface area (Å²) >= 11 is 0. The highest BCUT2D eigenvalue weighted by Gasteiger charge is 2.33. The molecule has 1 aliphatic carbocycles. The van der Waals surface area contributed by atoms with E-state index in [1.807, 2.05) is 55.5 Å². The van der Waals surface area contributed by atoms with Crippen molar-refractivity contribution in [2.45, 2.75) is 44.2 Å². The second-order valence-corrected chi connectivity index (χ2v) is 8.69. The number of carbonyl (C=O) groups excluding carboxylic acids is 2. The number of fused-ring (bicyclic) bond motifs is 3. The van der Waals surface area contributed by atoms with E-state index in [0.29, 0.717) is 19.7 Å². The molecular weight excluding hydrogens is 436 g/mol. The Morgan fingerprint density at radius 3 is 2.38 bits per heavy atom. The average molecular weight is 467 g/mol. The van der Waals surface area contributed by atoms with Gasteiger partial charge in [0.1, 0.15) is 12.6 Å². The lowest BCUT2D eigenvalue weighted by atomic mass is 9.98. The fourth-order valence-corrected chi connectivity index (χ4v) is 4.79. The summed E-state index contributed by atoms with van der Waals surface area (Å²) in [5.74, 6) is -1.73. The van der Waals surface area contributed by atoms with Gasteiger partial charge >= 0.3 is 12.1 Å². The predicted molar refractivity (Wildman–Crippen MR) is 125 cm³/mol. The molecule has 2 atom stereocenters. The van der Waals surface area contributed by atoms with Crippen LogP contribution in [0.25, 0.3) is 11.1 Å². The number of morpholine rings is 1. The van der Waals surface area contributed by atoms with Crippen molar-refractivity contribution in [1.29, 1.82) is 0 Å². The number of rotatable bonds is 8. The number of hydrogen-bond acceptors (Lipinski definition) is 5. The van der Waals surface area contributed by atoms with Crippen LogP contribution in [-0.2, 0) is 19.1 Å². The van der Waals surface area contributed by atoms with Gasteiger partial charge in [-0.3, -0.25) is 9.59 Å². The van der Waals surface area contributed by atoms with E-state index < -0.39 is 30.4 Å². The molecule has 2 aliphatic rings. The fraction of sp³-hybridized carbons (Fsp3) is 0.423. The number of alkyl carbamates (subject to hydrolysis) is 1. The van der Waals surface area contributed by atoms with Crippen molar-refractivity contribution >= 4 is 18.0 Å². The Bertz CT molecular complexity index is 1010. The van der Waals surface area contributed by atoms with Crippen molar-refractivity contribution in [2.75, 3.05) is 26.3 Å². The lowest BCUT2D eigenvalue weighted by Crippen LogP contribution is -2.54. The summed E-state index contributed by atoms with van der Waals surface area (Å²) in [6, 6.07) is 14.8. The van der Waals surface area contributed by atoms with E-state index in [4.69, 9.17) is 9.47 Å². The first-order valence-corrected chi connectivity index (χ1v) is 11.7. The molecule has 1 aliphatic heterocycles. The van der Waals surface area contributed by atoms with E-state index in [0.717, 1.165) is 35.1 Å². The van der Waals surface area contributed by atoms with Gasteiger partial charge in [0, 0.05) is 19.0 Å². The first kappa shape index (κ1) is 23.8. The second-order valence-electron chi connectivity index (χ2n) is 8.69. The molecule has 0 bridgehead atoms. The van der Waals surface area contributed by atoms with Gasteiger partial charge in [0.2, 0.25) is 5.91 Å². The monoisotopic (exact) mass is 466 g/mol. The number of carboxylic acid groups (broad SMARTS) is 1. The maximum absolute atomic E-state index is 13.0. The van der Waals surface area contributed by atoms with Crippen LogP contribution in [0.1, 0.15) is 43.2 Å². The van der Waals surface area contributed by atoms with Gasteiger partial charge in [-0.2, -0.15) is 0 Å². The van der Waals surface area contributed by atoms with Crippen molar-refractivity contribution in [2.24, 2.45) is 0 Å². The fourth-order valence-electron chi connectivity index (χ4n) is 4.79. The summed E-state index contributed by atoms with van der Waals surface area (Å²) in [6.45, 7) is 3.26. The van der Waals surface area contributed by atoms with Gasteiger partial charge in [-0.15, -0.1) is 0 Å². The molecule has 2 amide bonds. The van der Waals surface area contributed by atoms with Gasteiger partial charge in [0.15, 0.2) is 0 Å². The Hall–Kier alpha value is -3.39. The number of aliphatic carboxylic acids is 1. The van der Waals surface area contributed by atoms with Crippen LogP contribution in [0.2, 0.25) is 0 Å². The Morgan fingerprint density at radius 1 is 1.12 bits per heavy atom. The number of hydrogen-bond donors (Lipinski definition) is 2. The summed E-state index contributed by atoms with van der Waals surface area (Å²) < 4.78 is 11.2. The highest BCUT2D eigenvalue weighted by molar-refractivity contribution is 5.89. The van der Waals surface area contributed by atoms with E-state index in [-0.39, 0.29) is 18.6 Å². The Morgan fingerprint density at radius 2 is 1.76 bits per heavy atom. The van der Waals surface area contributed by atoms with Crippen molar-refractivity contribution in [1.82, 2.24) is 10.2 Å². The standard InChI is InChI=1S/C26H30N2O6/c1-2-7-17-15-28(12-13-33-17)25(31)23(14-24(29)30)27-26(32)34-16-22-20-10-5-3-8-18(20)19-9-4-6-11-21(19)22/h3-6,8-11,17,22-23H,2,7,12-16H2,1H3,(H,27,32)(H,29,30). The number of ether oxygens (including phenoxy) is 2. The molecule has 2 aromatic carbocycles. The molecule has 34 heavy (non-hydrogen) atoms. The lowest BCUT2D eigenvalue weighted by Gasteiger charge is -2.34. The summed E-state index contributed by atoms with van der Waals surface area (Å²) in [6.07, 6.45) is 0.331. The van der Waals surface area contributed by atoms with Gasteiger partial charge < -0.3 is 24.8 Å². The molecule has 2 N–H and O–H groups in total. The predicted octanol–water partition coefficient (Wildman–Crippen LogP) is 3.40. The third kappa shape index (κ3) is 5.22. The molecule has 180 valence electrons. The first-order valence-electron chi connectivity index (χ1n) is 11.7. The molecule has 4 rings (SSSR count). The summed E-state index contributed by atoms with van der Waals surface area (Å²) in [4.78, 5) is 38.7. The minimum Gasteiger partial charge on any atom is -0.481 e. The molecule has 2 aromatic rings. The van der Waals surface area contributed by atoms with Gasteiger partial charge in [-0.1, -0.05) is 61.9 Å². The highest BCUT2D eigenvalue weighted by Crippen LogP contribution is 2.44. The maximum Gasteiger partial charge on any atom is 0.407 e. The Labute approximate surface area is 198 Å². The van der Waals surface area contributed by atoms with Crippen LogP contribution in [0, 0.1) is 0 Å². The minimum atomic E-state index is -1.20. The zero-order chi connectivity index (χ0) is 24.1. The van der Waals surface area contributed by atoms with Crippen molar-refractivity contribution in [3.05, 3.63) is 59.7 Å². The van der Waals surface area contributed by atoms with Crippen molar-refractivity contribution in [3.8, 4) is 11.1 Å². The number of nitrogens with one attached hydrogen (secondary N) is 1. The number of carboxylic acids is 1. The normalized spacial score (nSPS) is 18.0. The SMILES string of the molecule is CCCC1CN(C(=O)C(CC(=O)O)NC(=O)OCC2c3ccccc3-c3ccccc32)CCO1. The van der Waals surface area contributed by atoms with E-state index in [1.54, 1.807) is 4.90 Å². The van der Waals surface area contributed by atoms with Crippen LogP contribution in [0.4, 0.5) is 4.79 Å². The lowest BCUT2D eigenvalue weighted by molar-refractivity contribution is -0.146. The second kappa shape index (κ2) is 10.7. The topological polar surface area (TPSA) is 105 Å². The highest BCUT2D eigenvalue weighted by atomic mass is 16.5. The number of benzene rings is 2. The van der Waals surface area contributed by atoms with Gasteiger partial charge in [0.25, 0.3) is 0 Å². The Balaban J connectivity index is 1.41. The third-order valence-electron chi connectivity index (χ3n) is 6.37. The zero-order valence-corrected chi connectivity index (χ0v) is 19.2. The van der Waals surface area contributed by atoms with E-state index in [1.165, 1.54) is 0 Å². The average Bonchev–Trinajstić information content (AvgIpc) is 3.16. The number of carbonyl (C=O) groups is 3. The summed E-state index contributed by atoms with van der Waals surface area (Å²) in [7, 11) is 0. The van der Waals surface area contributed by atoms with E-state index >= 15 is 0 Å². The van der Waals surface area contributed by atoms with Crippen LogP contribution in [-0.4, -0.2) is 66.4 Å². The Kier molecular flexibility index (Phi) is 7.47. The number of amides is 2. The third-order valence-corrected chi connectivity index (χ3v) is 6.37. The quantitative estimate of drug-likeness (QED) is 0.618.